The molecule has 0 aromatic heterocycles. The van der Waals surface area contributed by atoms with Crippen molar-refractivity contribution in [3.63, 3.8) is 0 Å². The van der Waals surface area contributed by atoms with Crippen molar-refractivity contribution >= 4 is 0 Å². The second kappa shape index (κ2) is 8.54. The number of benzene rings is 1. The Kier molecular flexibility index (Phi) is 6.37. The standard InChI is InChI=1S/C23H32F2O/c1-4-5-16-6-11-19(14-15(16)2)17-7-9-18(10-8-17)20-12-13-21(26-3)23(25)22(20)24/h12-13,17-19H,4-11,14H2,1-3H3. The fraction of sp³-hybridized carbons (Fsp3) is 0.652. The van der Waals surface area contributed by atoms with Crippen LogP contribution in [0.5, 0.6) is 5.75 Å². The number of ether oxygens (including phenoxy) is 1. The predicted molar refractivity (Wildman–Crippen MR) is 103 cm³/mol. The van der Waals surface area contributed by atoms with Crippen LogP contribution in [0.25, 0.3) is 0 Å². The average Bonchev–Trinajstić information content (AvgIpc) is 2.66. The molecule has 0 spiro atoms. The van der Waals surface area contributed by atoms with Crippen molar-refractivity contribution in [2.75, 3.05) is 7.11 Å². The topological polar surface area (TPSA) is 9.23 Å². The van der Waals surface area contributed by atoms with Gasteiger partial charge in [-0.05, 0) is 87.7 Å². The van der Waals surface area contributed by atoms with E-state index in [-0.39, 0.29) is 11.7 Å². The van der Waals surface area contributed by atoms with Gasteiger partial charge < -0.3 is 4.74 Å². The quantitative estimate of drug-likeness (QED) is 0.505. The van der Waals surface area contributed by atoms with Gasteiger partial charge in [0.1, 0.15) is 0 Å². The summed E-state index contributed by atoms with van der Waals surface area (Å²) in [7, 11) is 1.37. The second-order valence-electron chi connectivity index (χ2n) is 8.23. The maximum Gasteiger partial charge on any atom is 0.200 e. The molecule has 0 radical (unpaired) electrons. The van der Waals surface area contributed by atoms with Crippen LogP contribution in [0.1, 0.15) is 83.1 Å². The van der Waals surface area contributed by atoms with Gasteiger partial charge in [0, 0.05) is 0 Å². The first kappa shape index (κ1) is 19.4. The zero-order chi connectivity index (χ0) is 18.7. The first-order valence-corrected chi connectivity index (χ1v) is 10.2. The maximum atomic E-state index is 14.4. The van der Waals surface area contributed by atoms with E-state index in [0.29, 0.717) is 5.56 Å². The number of rotatable bonds is 5. The van der Waals surface area contributed by atoms with Crippen molar-refractivity contribution in [2.45, 2.75) is 77.6 Å². The van der Waals surface area contributed by atoms with Gasteiger partial charge in [0.15, 0.2) is 11.6 Å². The fourth-order valence-electron chi connectivity index (χ4n) is 5.18. The Morgan fingerprint density at radius 1 is 1.00 bits per heavy atom. The highest BCUT2D eigenvalue weighted by molar-refractivity contribution is 5.33. The maximum absolute atomic E-state index is 14.4. The minimum Gasteiger partial charge on any atom is -0.494 e. The summed E-state index contributed by atoms with van der Waals surface area (Å²) in [6, 6.07) is 3.27. The van der Waals surface area contributed by atoms with Crippen molar-refractivity contribution in [2.24, 2.45) is 11.8 Å². The van der Waals surface area contributed by atoms with E-state index in [9.17, 15) is 8.78 Å². The number of halogens is 2. The Hall–Kier alpha value is -1.38. The molecule has 0 saturated heterocycles. The molecule has 1 aromatic rings. The minimum absolute atomic E-state index is 0.00714. The van der Waals surface area contributed by atoms with Gasteiger partial charge in [0.05, 0.1) is 7.11 Å². The zero-order valence-electron chi connectivity index (χ0n) is 16.4. The Balaban J connectivity index is 1.61. The van der Waals surface area contributed by atoms with Gasteiger partial charge in [-0.25, -0.2) is 4.39 Å². The van der Waals surface area contributed by atoms with Crippen molar-refractivity contribution in [3.8, 4) is 5.75 Å². The molecule has 0 aliphatic heterocycles. The molecule has 0 bridgehead atoms. The van der Waals surface area contributed by atoms with Gasteiger partial charge >= 0.3 is 0 Å². The molecule has 26 heavy (non-hydrogen) atoms. The van der Waals surface area contributed by atoms with E-state index >= 15 is 0 Å². The summed E-state index contributed by atoms with van der Waals surface area (Å²) in [6.45, 7) is 4.58. The third-order valence-electron chi connectivity index (χ3n) is 6.72. The van der Waals surface area contributed by atoms with Crippen LogP contribution in [0.3, 0.4) is 0 Å². The zero-order valence-corrected chi connectivity index (χ0v) is 16.4. The first-order chi connectivity index (χ1) is 12.5. The van der Waals surface area contributed by atoms with E-state index in [1.54, 1.807) is 23.3 Å². The Bertz CT molecular complexity index is 656. The number of hydrogen-bond acceptors (Lipinski definition) is 1. The minimum atomic E-state index is -0.844. The third kappa shape index (κ3) is 3.97. The molecule has 0 N–H and O–H groups in total. The first-order valence-electron chi connectivity index (χ1n) is 10.2. The molecule has 3 rings (SSSR count). The number of methoxy groups -OCH3 is 1. The largest absolute Gasteiger partial charge is 0.494 e. The van der Waals surface area contributed by atoms with E-state index in [4.69, 9.17) is 4.74 Å². The van der Waals surface area contributed by atoms with Crippen molar-refractivity contribution in [1.82, 2.24) is 0 Å². The summed E-state index contributed by atoms with van der Waals surface area (Å²) in [5, 5.41) is 0. The molecule has 1 nitrogen and oxygen atoms in total. The normalized spacial score (nSPS) is 26.9. The van der Waals surface area contributed by atoms with E-state index < -0.39 is 11.6 Å². The average molecular weight is 363 g/mol. The lowest BCUT2D eigenvalue weighted by Crippen LogP contribution is -2.24. The molecule has 3 heteroatoms. The van der Waals surface area contributed by atoms with E-state index in [0.717, 1.165) is 37.5 Å². The third-order valence-corrected chi connectivity index (χ3v) is 6.72. The molecule has 2 aliphatic rings. The summed E-state index contributed by atoms with van der Waals surface area (Å²) in [5.41, 5.74) is 3.84. The lowest BCUT2D eigenvalue weighted by molar-refractivity contribution is 0.211. The van der Waals surface area contributed by atoms with Crippen molar-refractivity contribution in [1.29, 1.82) is 0 Å². The van der Waals surface area contributed by atoms with Gasteiger partial charge in [0.2, 0.25) is 5.82 Å². The highest BCUT2D eigenvalue weighted by Gasteiger charge is 2.32. The second-order valence-corrected chi connectivity index (χ2v) is 8.23. The van der Waals surface area contributed by atoms with Gasteiger partial charge in [-0.3, -0.25) is 0 Å². The summed E-state index contributed by atoms with van der Waals surface area (Å²) in [5.74, 6) is 0.108. The van der Waals surface area contributed by atoms with E-state index in [1.807, 2.05) is 0 Å². The molecule has 2 aliphatic carbocycles. The molecule has 0 amide bonds. The summed E-state index contributed by atoms with van der Waals surface area (Å²) < 4.78 is 33.3. The Morgan fingerprint density at radius 2 is 1.73 bits per heavy atom. The van der Waals surface area contributed by atoms with Crippen LogP contribution in [0.4, 0.5) is 8.78 Å². The Morgan fingerprint density at radius 3 is 2.35 bits per heavy atom. The highest BCUT2D eigenvalue weighted by atomic mass is 19.2. The van der Waals surface area contributed by atoms with Crippen LogP contribution >= 0.6 is 0 Å². The Labute approximate surface area is 156 Å². The van der Waals surface area contributed by atoms with E-state index in [1.165, 1.54) is 39.2 Å². The molecule has 1 atom stereocenters. The summed E-state index contributed by atoms with van der Waals surface area (Å²) in [6.07, 6.45) is 10.5. The molecule has 1 aromatic carbocycles. The fourth-order valence-corrected chi connectivity index (χ4v) is 5.18. The highest BCUT2D eigenvalue weighted by Crippen LogP contribution is 2.45. The smallest absolute Gasteiger partial charge is 0.200 e. The van der Waals surface area contributed by atoms with E-state index in [2.05, 4.69) is 13.8 Å². The van der Waals surface area contributed by atoms with Gasteiger partial charge in [-0.1, -0.05) is 30.6 Å². The molecular formula is C23H32F2O. The van der Waals surface area contributed by atoms with Crippen LogP contribution in [-0.4, -0.2) is 7.11 Å². The lowest BCUT2D eigenvalue weighted by atomic mass is 9.68. The molecule has 1 unspecified atom stereocenters. The molecule has 0 heterocycles. The van der Waals surface area contributed by atoms with Crippen LogP contribution < -0.4 is 4.74 Å². The van der Waals surface area contributed by atoms with Crippen LogP contribution in [0.2, 0.25) is 0 Å². The molecule has 1 saturated carbocycles. The SMILES string of the molecule is CCCC1=C(C)CC(C2CCC(c3ccc(OC)c(F)c3F)CC2)CC1. The van der Waals surface area contributed by atoms with Gasteiger partial charge in [-0.2, -0.15) is 4.39 Å². The van der Waals surface area contributed by atoms with Crippen molar-refractivity contribution < 1.29 is 13.5 Å². The predicted octanol–water partition coefficient (Wildman–Crippen LogP) is 7.16. The summed E-state index contributed by atoms with van der Waals surface area (Å²) >= 11 is 0. The van der Waals surface area contributed by atoms with Gasteiger partial charge in [-0.15, -0.1) is 0 Å². The molecule has 1 fully saturated rings. The molecular weight excluding hydrogens is 330 g/mol. The number of hydrogen-bond donors (Lipinski definition) is 0. The van der Waals surface area contributed by atoms with Crippen LogP contribution in [0, 0.1) is 23.5 Å². The molecule has 144 valence electrons. The monoisotopic (exact) mass is 362 g/mol. The van der Waals surface area contributed by atoms with Crippen LogP contribution in [-0.2, 0) is 0 Å². The number of allylic oxidation sites excluding steroid dienone is 2. The van der Waals surface area contributed by atoms with Gasteiger partial charge in [0.25, 0.3) is 0 Å². The summed E-state index contributed by atoms with van der Waals surface area (Å²) in [4.78, 5) is 0. The van der Waals surface area contributed by atoms with Crippen molar-refractivity contribution in [3.05, 3.63) is 40.5 Å². The van der Waals surface area contributed by atoms with Crippen LogP contribution in [0.15, 0.2) is 23.3 Å². The lowest BCUT2D eigenvalue weighted by Gasteiger charge is -2.37.